The van der Waals surface area contributed by atoms with Crippen LogP contribution in [0.25, 0.3) is 4.85 Å². The van der Waals surface area contributed by atoms with Gasteiger partial charge >= 0.3 is 0 Å². The SMILES string of the molecule is [C-]#[N+]c1ccc(OC2CCC(NC(=O)c3cnc(N4CCC(N5CC6CN(c7ccc8c(c7)C(=O)N(C7CCC(=O)NC7=O)C8=O)CC6C5)CC4)cn3)CC2)cc1Cl. The fraction of sp³-hybridized carbons (Fsp3) is 0.476. The summed E-state index contributed by atoms with van der Waals surface area (Å²) in [5.74, 6) is 0.249. The fourth-order valence-electron chi connectivity index (χ4n) is 9.68. The predicted octanol–water partition coefficient (Wildman–Crippen LogP) is 4.24. The van der Waals surface area contributed by atoms with Gasteiger partial charge in [0.05, 0.1) is 41.2 Å². The van der Waals surface area contributed by atoms with Crippen molar-refractivity contribution in [2.75, 3.05) is 49.1 Å². The van der Waals surface area contributed by atoms with Crippen molar-refractivity contribution >= 4 is 58.3 Å². The van der Waals surface area contributed by atoms with Gasteiger partial charge in [0, 0.05) is 63.5 Å². The first-order valence-corrected chi connectivity index (χ1v) is 20.6. The monoisotopic (exact) mass is 805 g/mol. The largest absolute Gasteiger partial charge is 0.490 e. The Bertz CT molecular complexity index is 2180. The third-order valence-corrected chi connectivity index (χ3v) is 13.1. The molecule has 3 unspecified atom stereocenters. The molecule has 58 heavy (non-hydrogen) atoms. The third-order valence-electron chi connectivity index (χ3n) is 12.8. The van der Waals surface area contributed by atoms with Crippen molar-refractivity contribution in [1.82, 2.24) is 30.4 Å². The Morgan fingerprint density at radius 3 is 2.26 bits per heavy atom. The minimum atomic E-state index is -0.973. The van der Waals surface area contributed by atoms with Crippen molar-refractivity contribution < 1.29 is 28.7 Å². The fourth-order valence-corrected chi connectivity index (χ4v) is 9.90. The first-order valence-electron chi connectivity index (χ1n) is 20.2. The molecule has 1 aromatic heterocycles. The number of rotatable bonds is 8. The first kappa shape index (κ1) is 38.0. The number of anilines is 2. The molecule has 6 aliphatic rings. The molecule has 300 valence electrons. The summed E-state index contributed by atoms with van der Waals surface area (Å²) < 4.78 is 6.09. The summed E-state index contributed by atoms with van der Waals surface area (Å²) in [4.78, 5) is 84.4. The van der Waals surface area contributed by atoms with E-state index in [9.17, 15) is 24.0 Å². The van der Waals surface area contributed by atoms with Gasteiger partial charge in [0.2, 0.25) is 17.5 Å². The number of piperidine rings is 2. The molecule has 6 heterocycles. The van der Waals surface area contributed by atoms with Gasteiger partial charge in [-0.05, 0) is 87.1 Å². The predicted molar refractivity (Wildman–Crippen MR) is 213 cm³/mol. The smallest absolute Gasteiger partial charge is 0.271 e. The van der Waals surface area contributed by atoms with Gasteiger partial charge in [-0.25, -0.2) is 14.8 Å². The van der Waals surface area contributed by atoms with Gasteiger partial charge in [0.1, 0.15) is 23.3 Å². The molecule has 5 aliphatic heterocycles. The van der Waals surface area contributed by atoms with E-state index in [2.05, 4.69) is 40.1 Å². The van der Waals surface area contributed by atoms with Crippen molar-refractivity contribution in [3.05, 3.63) is 82.1 Å². The van der Waals surface area contributed by atoms with Crippen LogP contribution in [0.4, 0.5) is 17.2 Å². The molecule has 15 nitrogen and oxygen atoms in total. The standard InChI is InChI=1S/C42H44ClN9O6/c1-44-34-9-7-30(17-33(34)43)58-29-5-2-26(3-6-29)47-39(54)35-18-46-37(19-45-35)49-14-12-27(13-15-49)50-20-24-22-51(23-25(24)21-50)28-4-8-31-32(16-28)42(57)52(41(31)56)36-10-11-38(53)48-40(36)55/h4,7-9,16-19,24-27,29,36H,2-3,5-6,10-15,20-23H2,(H,47,54)(H,48,53,55). The molecule has 16 heteroatoms. The van der Waals surface area contributed by atoms with E-state index in [-0.39, 0.29) is 30.9 Å². The Labute approximate surface area is 340 Å². The van der Waals surface area contributed by atoms with Crippen molar-refractivity contribution in [2.24, 2.45) is 11.8 Å². The molecular weight excluding hydrogens is 762 g/mol. The average Bonchev–Trinajstić information content (AvgIpc) is 3.89. The maximum atomic E-state index is 13.4. The molecule has 4 saturated heterocycles. The third kappa shape index (κ3) is 7.35. The number of carbonyl (C=O) groups is 5. The van der Waals surface area contributed by atoms with E-state index in [0.29, 0.717) is 51.2 Å². The second-order valence-corrected chi connectivity index (χ2v) is 16.7. The van der Waals surface area contributed by atoms with Gasteiger partial charge in [-0.3, -0.25) is 39.1 Å². The van der Waals surface area contributed by atoms with Gasteiger partial charge in [0.25, 0.3) is 17.7 Å². The van der Waals surface area contributed by atoms with E-state index in [0.717, 1.165) is 94.2 Å². The zero-order valence-corrected chi connectivity index (χ0v) is 32.7. The summed E-state index contributed by atoms with van der Waals surface area (Å²) in [6.07, 6.45) is 8.72. The number of amides is 5. The Hall–Kier alpha value is -5.59. The van der Waals surface area contributed by atoms with Crippen LogP contribution in [0.15, 0.2) is 48.8 Å². The molecule has 5 fully saturated rings. The van der Waals surface area contributed by atoms with Crippen LogP contribution < -0.4 is 25.2 Å². The molecular formula is C42H44ClN9O6. The minimum absolute atomic E-state index is 0.0240. The zero-order chi connectivity index (χ0) is 40.1. The average molecular weight is 806 g/mol. The quantitative estimate of drug-likeness (QED) is 0.248. The molecule has 3 atom stereocenters. The molecule has 0 radical (unpaired) electrons. The highest BCUT2D eigenvalue weighted by atomic mass is 35.5. The molecule has 3 aromatic rings. The number of carbonyl (C=O) groups excluding carboxylic acids is 5. The lowest BCUT2D eigenvalue weighted by molar-refractivity contribution is -0.136. The van der Waals surface area contributed by atoms with Crippen molar-refractivity contribution in [2.45, 2.75) is 75.6 Å². The minimum Gasteiger partial charge on any atom is -0.490 e. The zero-order valence-electron chi connectivity index (χ0n) is 31.9. The Morgan fingerprint density at radius 2 is 1.59 bits per heavy atom. The lowest BCUT2D eigenvalue weighted by Crippen LogP contribution is -2.54. The lowest BCUT2D eigenvalue weighted by Gasteiger charge is -2.37. The van der Waals surface area contributed by atoms with Crippen molar-refractivity contribution in [1.29, 1.82) is 0 Å². The number of nitrogens with one attached hydrogen (secondary N) is 2. The van der Waals surface area contributed by atoms with E-state index in [1.54, 1.807) is 42.7 Å². The Balaban J connectivity index is 0.717. The van der Waals surface area contributed by atoms with E-state index in [1.807, 2.05) is 6.07 Å². The van der Waals surface area contributed by atoms with Gasteiger partial charge < -0.3 is 19.9 Å². The summed E-state index contributed by atoms with van der Waals surface area (Å²) in [5.41, 5.74) is 2.23. The van der Waals surface area contributed by atoms with Crippen LogP contribution in [-0.4, -0.2) is 113 Å². The summed E-state index contributed by atoms with van der Waals surface area (Å²) >= 11 is 6.16. The molecule has 9 rings (SSSR count). The second-order valence-electron chi connectivity index (χ2n) is 16.3. The molecule has 1 saturated carbocycles. The molecule has 2 N–H and O–H groups in total. The van der Waals surface area contributed by atoms with Gasteiger partial charge in [-0.2, -0.15) is 0 Å². The Kier molecular flexibility index (Phi) is 10.2. The normalized spacial score (nSPS) is 26.3. The molecule has 1 aliphatic carbocycles. The maximum Gasteiger partial charge on any atom is 0.271 e. The Morgan fingerprint density at radius 1 is 0.845 bits per heavy atom. The molecule has 0 spiro atoms. The van der Waals surface area contributed by atoms with E-state index < -0.39 is 29.7 Å². The van der Waals surface area contributed by atoms with E-state index in [1.165, 1.54) is 0 Å². The van der Waals surface area contributed by atoms with Crippen LogP contribution in [0.5, 0.6) is 5.75 Å². The van der Waals surface area contributed by atoms with E-state index >= 15 is 0 Å². The van der Waals surface area contributed by atoms with Gasteiger partial charge in [0.15, 0.2) is 0 Å². The topological polar surface area (TPSA) is 162 Å². The van der Waals surface area contributed by atoms with Crippen LogP contribution in [0.2, 0.25) is 5.02 Å². The van der Waals surface area contributed by atoms with Crippen LogP contribution >= 0.6 is 11.6 Å². The number of imide groups is 2. The van der Waals surface area contributed by atoms with E-state index in [4.69, 9.17) is 22.9 Å². The molecule has 5 amide bonds. The van der Waals surface area contributed by atoms with Gasteiger partial charge in [-0.15, -0.1) is 0 Å². The number of likely N-dealkylation sites (tertiary alicyclic amines) is 1. The lowest BCUT2D eigenvalue weighted by atomic mass is 9.93. The van der Waals surface area contributed by atoms with Gasteiger partial charge in [-0.1, -0.05) is 17.7 Å². The highest BCUT2D eigenvalue weighted by Crippen LogP contribution is 2.39. The highest BCUT2D eigenvalue weighted by Gasteiger charge is 2.46. The highest BCUT2D eigenvalue weighted by molar-refractivity contribution is 6.33. The first-order chi connectivity index (χ1) is 28.1. The number of benzene rings is 2. The molecule has 0 bridgehead atoms. The van der Waals surface area contributed by atoms with Crippen LogP contribution in [-0.2, 0) is 9.59 Å². The van der Waals surface area contributed by atoms with Crippen LogP contribution in [0.1, 0.15) is 82.6 Å². The summed E-state index contributed by atoms with van der Waals surface area (Å²) in [6.45, 7) is 12.7. The number of aromatic nitrogens is 2. The van der Waals surface area contributed by atoms with Crippen LogP contribution in [0.3, 0.4) is 0 Å². The summed E-state index contributed by atoms with van der Waals surface area (Å²) in [6, 6.07) is 10.0. The number of hydrogen-bond acceptors (Lipinski definition) is 11. The number of hydrogen-bond donors (Lipinski definition) is 2. The number of fused-ring (bicyclic) bond motifs is 2. The summed E-state index contributed by atoms with van der Waals surface area (Å²) in [7, 11) is 0. The van der Waals surface area contributed by atoms with Crippen molar-refractivity contribution in [3.8, 4) is 5.75 Å². The molecule has 2 aromatic carbocycles. The second kappa shape index (κ2) is 15.6. The van der Waals surface area contributed by atoms with Crippen molar-refractivity contribution in [3.63, 3.8) is 0 Å². The number of ether oxygens (including phenoxy) is 1. The summed E-state index contributed by atoms with van der Waals surface area (Å²) in [5, 5.41) is 5.74. The number of halogens is 1. The van der Waals surface area contributed by atoms with Crippen LogP contribution in [0, 0.1) is 18.4 Å². The maximum absolute atomic E-state index is 13.4. The number of nitrogens with zero attached hydrogens (tertiary/aromatic N) is 7.